The summed E-state index contributed by atoms with van der Waals surface area (Å²) in [5, 5.41) is 14.6. The number of halogens is 1. The lowest BCUT2D eigenvalue weighted by molar-refractivity contribution is -0.385. The van der Waals surface area contributed by atoms with E-state index in [0.29, 0.717) is 10.0 Å². The molecule has 0 saturated carbocycles. The topological polar surface area (TPSA) is 137 Å². The second-order valence-corrected chi connectivity index (χ2v) is 7.56. The number of hydrogen-bond donors (Lipinski definition) is 2. The molecule has 2 rings (SSSR count). The van der Waals surface area contributed by atoms with Gasteiger partial charge >= 0.3 is 10.1 Å². The number of nitrogens with zero attached hydrogens (tertiary/aromatic N) is 2. The first-order valence-electron chi connectivity index (χ1n) is 6.76. The van der Waals surface area contributed by atoms with Gasteiger partial charge in [-0.1, -0.05) is 6.07 Å². The van der Waals surface area contributed by atoms with Crippen molar-refractivity contribution in [1.29, 1.82) is 0 Å². The van der Waals surface area contributed by atoms with Gasteiger partial charge in [0.1, 0.15) is 4.90 Å². The first kappa shape index (κ1) is 19.8. The number of hydrogen-bond acceptors (Lipinski definition) is 7. The number of nitro groups is 1. The highest BCUT2D eigenvalue weighted by atomic mass is 79.9. The fourth-order valence-electron chi connectivity index (χ4n) is 1.75. The monoisotopic (exact) mass is 458 g/mol. The summed E-state index contributed by atoms with van der Waals surface area (Å²) in [5.74, 6) is 0.0101. The number of nitrogens with one attached hydrogen (secondary N) is 1. The summed E-state index contributed by atoms with van der Waals surface area (Å²) in [6.45, 7) is 0. The van der Waals surface area contributed by atoms with E-state index in [1.165, 1.54) is 30.5 Å². The van der Waals surface area contributed by atoms with Crippen LogP contribution in [-0.2, 0) is 10.1 Å². The minimum absolute atomic E-state index is 0.00307. The fourth-order valence-corrected chi connectivity index (χ4v) is 3.38. The molecule has 0 unspecified atom stereocenters. The van der Waals surface area contributed by atoms with E-state index in [-0.39, 0.29) is 21.4 Å². The van der Waals surface area contributed by atoms with Crippen LogP contribution in [0, 0.1) is 10.1 Å². The SMILES string of the molecule is NC(=S)N/N=C\c1ccc(OS(=O)(=O)c2cccc([N+](=O)[O-])c2)c(Br)c1. The Bertz CT molecular complexity index is 995. The third-order valence-corrected chi connectivity index (χ3v) is 4.80. The number of hydrazone groups is 1. The molecule has 0 aromatic heterocycles. The van der Waals surface area contributed by atoms with Gasteiger partial charge in [0.2, 0.25) is 0 Å². The highest BCUT2D eigenvalue weighted by molar-refractivity contribution is 9.10. The highest BCUT2D eigenvalue weighted by Gasteiger charge is 2.21. The van der Waals surface area contributed by atoms with Crippen LogP contribution >= 0.6 is 28.1 Å². The average molecular weight is 459 g/mol. The van der Waals surface area contributed by atoms with Gasteiger partial charge in [0.15, 0.2) is 10.9 Å². The Morgan fingerprint density at radius 2 is 2.08 bits per heavy atom. The number of non-ortho nitro benzene ring substituents is 1. The van der Waals surface area contributed by atoms with Crippen LogP contribution < -0.4 is 15.3 Å². The zero-order valence-electron chi connectivity index (χ0n) is 12.8. The number of nitro benzene ring substituents is 1. The zero-order chi connectivity index (χ0) is 19.3. The Balaban J connectivity index is 2.24. The van der Waals surface area contributed by atoms with Crippen molar-refractivity contribution in [3.63, 3.8) is 0 Å². The van der Waals surface area contributed by atoms with Crippen LogP contribution in [0.4, 0.5) is 5.69 Å². The third kappa shape index (κ3) is 5.21. The molecule has 2 aromatic carbocycles. The maximum Gasteiger partial charge on any atom is 0.339 e. The van der Waals surface area contributed by atoms with Crippen molar-refractivity contribution in [3.8, 4) is 5.75 Å². The van der Waals surface area contributed by atoms with Gasteiger partial charge in [0.25, 0.3) is 5.69 Å². The molecule has 0 spiro atoms. The van der Waals surface area contributed by atoms with Gasteiger partial charge in [-0.05, 0) is 58.0 Å². The Hall–Kier alpha value is -2.57. The molecule has 0 fully saturated rings. The van der Waals surface area contributed by atoms with E-state index in [2.05, 4.69) is 38.7 Å². The largest absolute Gasteiger partial charge is 0.378 e. The Kier molecular flexibility index (Phi) is 6.23. The molecular formula is C14H11BrN4O5S2. The predicted octanol–water partition coefficient (Wildman–Crippen LogP) is 2.29. The van der Waals surface area contributed by atoms with Crippen molar-refractivity contribution in [1.82, 2.24) is 5.43 Å². The van der Waals surface area contributed by atoms with Crippen LogP contribution in [0.5, 0.6) is 5.75 Å². The van der Waals surface area contributed by atoms with Crippen LogP contribution in [-0.4, -0.2) is 24.7 Å². The van der Waals surface area contributed by atoms with E-state index in [1.54, 1.807) is 12.1 Å². The van der Waals surface area contributed by atoms with Gasteiger partial charge in [0, 0.05) is 12.1 Å². The normalized spacial score (nSPS) is 11.3. The lowest BCUT2D eigenvalue weighted by Crippen LogP contribution is -2.23. The predicted molar refractivity (Wildman–Crippen MR) is 103 cm³/mol. The van der Waals surface area contributed by atoms with Gasteiger partial charge < -0.3 is 9.92 Å². The maximum atomic E-state index is 12.3. The van der Waals surface area contributed by atoms with Crippen LogP contribution in [0.3, 0.4) is 0 Å². The minimum atomic E-state index is -4.25. The van der Waals surface area contributed by atoms with Crippen molar-refractivity contribution < 1.29 is 17.5 Å². The van der Waals surface area contributed by atoms with Crippen LogP contribution in [0.15, 0.2) is 56.9 Å². The molecule has 0 aliphatic heterocycles. The molecule has 0 amide bonds. The second kappa shape index (κ2) is 8.21. The summed E-state index contributed by atoms with van der Waals surface area (Å²) in [4.78, 5) is 9.77. The molecule has 9 nitrogen and oxygen atoms in total. The number of benzene rings is 2. The molecule has 0 heterocycles. The van der Waals surface area contributed by atoms with Crippen LogP contribution in [0.2, 0.25) is 0 Å². The van der Waals surface area contributed by atoms with Gasteiger partial charge in [-0.25, -0.2) is 0 Å². The lowest BCUT2D eigenvalue weighted by Gasteiger charge is -2.09. The minimum Gasteiger partial charge on any atom is -0.378 e. The molecule has 2 aromatic rings. The van der Waals surface area contributed by atoms with Crippen LogP contribution in [0.1, 0.15) is 5.56 Å². The molecule has 0 saturated heterocycles. The molecule has 3 N–H and O–H groups in total. The van der Waals surface area contributed by atoms with Crippen molar-refractivity contribution in [2.45, 2.75) is 4.90 Å². The maximum absolute atomic E-state index is 12.3. The standard InChI is InChI=1S/C14H11BrN4O5S2/c15-12-6-9(8-17-18-14(16)25)4-5-13(12)24-26(22,23)11-3-1-2-10(7-11)19(20)21/h1-8H,(H3,16,18,25)/b17-8-. The zero-order valence-corrected chi connectivity index (χ0v) is 16.0. The first-order chi connectivity index (χ1) is 12.2. The van der Waals surface area contributed by atoms with E-state index in [0.717, 1.165) is 6.07 Å². The summed E-state index contributed by atoms with van der Waals surface area (Å²) >= 11 is 7.80. The molecule has 136 valence electrons. The molecule has 0 radical (unpaired) electrons. The smallest absolute Gasteiger partial charge is 0.339 e. The van der Waals surface area contributed by atoms with E-state index in [1.807, 2.05) is 0 Å². The van der Waals surface area contributed by atoms with Crippen molar-refractivity contribution in [3.05, 3.63) is 62.6 Å². The summed E-state index contributed by atoms with van der Waals surface area (Å²) in [5.41, 5.74) is 7.87. The van der Waals surface area contributed by atoms with Gasteiger partial charge in [-0.3, -0.25) is 15.5 Å². The number of nitrogens with two attached hydrogens (primary N) is 1. The summed E-state index contributed by atoms with van der Waals surface area (Å²) < 4.78 is 30.1. The molecular weight excluding hydrogens is 448 g/mol. The first-order valence-corrected chi connectivity index (χ1v) is 9.37. The third-order valence-electron chi connectivity index (χ3n) is 2.86. The molecule has 0 bridgehead atoms. The van der Waals surface area contributed by atoms with Gasteiger partial charge in [-0.2, -0.15) is 13.5 Å². The Labute approximate surface area is 162 Å². The fraction of sp³-hybridized carbons (Fsp3) is 0. The second-order valence-electron chi connectivity index (χ2n) is 4.72. The van der Waals surface area contributed by atoms with E-state index in [4.69, 9.17) is 9.92 Å². The number of rotatable bonds is 6. The van der Waals surface area contributed by atoms with E-state index < -0.39 is 15.0 Å². The highest BCUT2D eigenvalue weighted by Crippen LogP contribution is 2.29. The average Bonchev–Trinajstić information content (AvgIpc) is 2.57. The Morgan fingerprint density at radius 1 is 1.35 bits per heavy atom. The van der Waals surface area contributed by atoms with Gasteiger partial charge in [0.05, 0.1) is 15.6 Å². The molecule has 0 atom stereocenters. The molecule has 26 heavy (non-hydrogen) atoms. The van der Waals surface area contributed by atoms with Gasteiger partial charge in [-0.15, -0.1) is 0 Å². The quantitative estimate of drug-likeness (QED) is 0.221. The summed E-state index contributed by atoms with van der Waals surface area (Å²) in [6, 6.07) is 9.09. The number of thiocarbonyl (C=S) groups is 1. The van der Waals surface area contributed by atoms with Crippen molar-refractivity contribution in [2.24, 2.45) is 10.8 Å². The molecule has 0 aliphatic rings. The summed E-state index contributed by atoms with van der Waals surface area (Å²) in [6.07, 6.45) is 1.42. The van der Waals surface area contributed by atoms with E-state index >= 15 is 0 Å². The van der Waals surface area contributed by atoms with Crippen LogP contribution in [0.25, 0.3) is 0 Å². The molecule has 12 heteroatoms. The van der Waals surface area contributed by atoms with E-state index in [9.17, 15) is 18.5 Å². The Morgan fingerprint density at radius 3 is 2.69 bits per heavy atom. The van der Waals surface area contributed by atoms with Crippen molar-refractivity contribution >= 4 is 55.3 Å². The molecule has 0 aliphatic carbocycles. The summed E-state index contributed by atoms with van der Waals surface area (Å²) in [7, 11) is -4.25. The van der Waals surface area contributed by atoms with Crippen molar-refractivity contribution in [2.75, 3.05) is 0 Å². The lowest BCUT2D eigenvalue weighted by atomic mass is 10.2.